The van der Waals surface area contributed by atoms with Crippen LogP contribution in [0.3, 0.4) is 0 Å². The Morgan fingerprint density at radius 2 is 1.67 bits per heavy atom. The second-order valence-electron chi connectivity index (χ2n) is 7.44. The summed E-state index contributed by atoms with van der Waals surface area (Å²) >= 11 is 3.61. The fourth-order valence-corrected chi connectivity index (χ4v) is 4.12. The molecule has 0 N–H and O–H groups in total. The molecule has 3 aromatic carbocycles. The molecule has 0 saturated heterocycles. The van der Waals surface area contributed by atoms with E-state index >= 15 is 0 Å². The van der Waals surface area contributed by atoms with Crippen LogP contribution < -0.4 is 14.5 Å². The highest BCUT2D eigenvalue weighted by Crippen LogP contribution is 2.38. The summed E-state index contributed by atoms with van der Waals surface area (Å²) in [6.07, 6.45) is 2.75. The van der Waals surface area contributed by atoms with Gasteiger partial charge in [0.2, 0.25) is 0 Å². The third kappa shape index (κ3) is 5.01. The fourth-order valence-electron chi connectivity index (χ4n) is 3.54. The first-order valence-corrected chi connectivity index (χ1v) is 11.8. The maximum atomic E-state index is 13.5. The molecule has 0 fully saturated rings. The Labute approximate surface area is 202 Å². The molecule has 0 atom stereocenters. The number of nitrogens with zero attached hydrogens (tertiary/aromatic N) is 2. The summed E-state index contributed by atoms with van der Waals surface area (Å²) in [5, 5.41) is 6.14. The summed E-state index contributed by atoms with van der Waals surface area (Å²) in [7, 11) is 0. The lowest BCUT2D eigenvalue weighted by Gasteiger charge is -2.14. The van der Waals surface area contributed by atoms with Crippen LogP contribution >= 0.6 is 15.9 Å². The molecule has 1 heterocycles. The van der Waals surface area contributed by atoms with Crippen molar-refractivity contribution in [2.75, 3.05) is 18.2 Å². The van der Waals surface area contributed by atoms with Crippen molar-refractivity contribution in [3.8, 4) is 11.5 Å². The van der Waals surface area contributed by atoms with E-state index in [1.54, 1.807) is 0 Å². The molecule has 0 unspecified atom stereocenters. The van der Waals surface area contributed by atoms with Gasteiger partial charge in [-0.15, -0.1) is 0 Å². The second kappa shape index (κ2) is 10.5. The highest BCUT2D eigenvalue weighted by Gasteiger charge is 2.32. The minimum Gasteiger partial charge on any atom is -0.490 e. The second-order valence-corrected chi connectivity index (χ2v) is 8.29. The van der Waals surface area contributed by atoms with Crippen LogP contribution in [0.25, 0.3) is 6.08 Å². The lowest BCUT2D eigenvalue weighted by Crippen LogP contribution is -2.21. The first-order valence-electron chi connectivity index (χ1n) is 11.0. The largest absolute Gasteiger partial charge is 0.490 e. The van der Waals surface area contributed by atoms with E-state index < -0.39 is 0 Å². The normalized spacial score (nSPS) is 14.5. The quantitative estimate of drug-likeness (QED) is 0.330. The Bertz CT molecular complexity index is 1190. The lowest BCUT2D eigenvalue weighted by molar-refractivity contribution is -0.114. The minimum atomic E-state index is -0.180. The predicted octanol–water partition coefficient (Wildman–Crippen LogP) is 6.47. The summed E-state index contributed by atoms with van der Waals surface area (Å²) in [6.45, 7) is 5.09. The molecule has 0 radical (unpaired) electrons. The van der Waals surface area contributed by atoms with Crippen LogP contribution in [0.4, 0.5) is 5.69 Å². The van der Waals surface area contributed by atoms with Crippen molar-refractivity contribution in [3.05, 3.63) is 94.0 Å². The number of anilines is 1. The van der Waals surface area contributed by atoms with E-state index in [2.05, 4.69) is 22.9 Å². The molecule has 1 aliphatic heterocycles. The van der Waals surface area contributed by atoms with E-state index in [0.717, 1.165) is 27.7 Å². The van der Waals surface area contributed by atoms with Crippen LogP contribution in [-0.2, 0) is 4.79 Å². The highest BCUT2D eigenvalue weighted by molar-refractivity contribution is 9.10. The maximum absolute atomic E-state index is 13.5. The van der Waals surface area contributed by atoms with Crippen LogP contribution in [0, 0.1) is 0 Å². The van der Waals surface area contributed by atoms with Crippen molar-refractivity contribution in [3.63, 3.8) is 0 Å². The monoisotopic (exact) mass is 504 g/mol. The first kappa shape index (κ1) is 22.8. The summed E-state index contributed by atoms with van der Waals surface area (Å²) in [6, 6.07) is 23.0. The Kier molecular flexibility index (Phi) is 7.25. The van der Waals surface area contributed by atoms with E-state index in [1.165, 1.54) is 5.01 Å². The number of hydrogen-bond donors (Lipinski definition) is 0. The van der Waals surface area contributed by atoms with Gasteiger partial charge < -0.3 is 9.47 Å². The summed E-state index contributed by atoms with van der Waals surface area (Å²) in [5.41, 5.74) is 3.56. The van der Waals surface area contributed by atoms with Crippen LogP contribution in [0.2, 0.25) is 0 Å². The first-order chi connectivity index (χ1) is 16.1. The SMILES string of the molecule is CCCOc1c(Br)cc(/C=C2\C(=O)N(c3ccccc3)N=C2c2ccccc2)cc1OCC. The predicted molar refractivity (Wildman–Crippen MR) is 136 cm³/mol. The van der Waals surface area contributed by atoms with Crippen LogP contribution in [0.15, 0.2) is 87.9 Å². The molecule has 33 heavy (non-hydrogen) atoms. The summed E-state index contributed by atoms with van der Waals surface area (Å²) < 4.78 is 12.5. The van der Waals surface area contributed by atoms with E-state index in [9.17, 15) is 4.79 Å². The van der Waals surface area contributed by atoms with Crippen LogP contribution in [-0.4, -0.2) is 24.8 Å². The molecular weight excluding hydrogens is 480 g/mol. The number of carbonyl (C=O) groups is 1. The van der Waals surface area contributed by atoms with Crippen LogP contribution in [0.1, 0.15) is 31.4 Å². The number of amides is 1. The van der Waals surface area contributed by atoms with E-state index in [4.69, 9.17) is 14.6 Å². The molecule has 5 nitrogen and oxygen atoms in total. The average Bonchev–Trinajstić information content (AvgIpc) is 3.16. The Balaban J connectivity index is 1.79. The molecule has 0 saturated carbocycles. The van der Waals surface area contributed by atoms with Crippen LogP contribution in [0.5, 0.6) is 11.5 Å². The number of benzene rings is 3. The molecule has 0 aliphatic carbocycles. The Morgan fingerprint density at radius 1 is 0.970 bits per heavy atom. The molecule has 1 aliphatic rings. The van der Waals surface area contributed by atoms with Gasteiger partial charge in [0.25, 0.3) is 5.91 Å². The molecule has 0 spiro atoms. The zero-order chi connectivity index (χ0) is 23.2. The molecule has 3 aromatic rings. The number of para-hydroxylation sites is 1. The Hall–Kier alpha value is -3.38. The number of ether oxygens (including phenoxy) is 2. The number of hydrogen-bond acceptors (Lipinski definition) is 4. The molecule has 6 heteroatoms. The molecule has 4 rings (SSSR count). The van der Waals surface area contributed by atoms with Crippen molar-refractivity contribution in [1.82, 2.24) is 0 Å². The van der Waals surface area contributed by atoms with E-state index in [1.807, 2.05) is 85.8 Å². The average molecular weight is 505 g/mol. The van der Waals surface area contributed by atoms with Gasteiger partial charge in [0.05, 0.1) is 28.9 Å². The number of hydrazone groups is 1. The van der Waals surface area contributed by atoms with Gasteiger partial charge >= 0.3 is 0 Å². The number of carbonyl (C=O) groups excluding carboxylic acids is 1. The maximum Gasteiger partial charge on any atom is 0.281 e. The van der Waals surface area contributed by atoms with Gasteiger partial charge in [0.15, 0.2) is 11.5 Å². The van der Waals surface area contributed by atoms with Gasteiger partial charge in [0.1, 0.15) is 5.71 Å². The van der Waals surface area contributed by atoms with Gasteiger partial charge in [0, 0.05) is 5.56 Å². The smallest absolute Gasteiger partial charge is 0.281 e. The van der Waals surface area contributed by atoms with Crippen molar-refractivity contribution in [2.24, 2.45) is 5.10 Å². The third-order valence-electron chi connectivity index (χ3n) is 5.02. The number of rotatable bonds is 8. The van der Waals surface area contributed by atoms with Gasteiger partial charge in [-0.05, 0) is 65.2 Å². The molecular formula is C27H25BrN2O3. The van der Waals surface area contributed by atoms with E-state index in [-0.39, 0.29) is 5.91 Å². The topological polar surface area (TPSA) is 51.1 Å². The minimum absolute atomic E-state index is 0.180. The van der Waals surface area contributed by atoms with Gasteiger partial charge in [-0.3, -0.25) is 4.79 Å². The van der Waals surface area contributed by atoms with Crippen molar-refractivity contribution < 1.29 is 14.3 Å². The summed E-state index contributed by atoms with van der Waals surface area (Å²) in [5.74, 6) is 1.12. The standard InChI is InChI=1S/C27H25BrN2O3/c1-3-15-33-26-23(28)17-19(18-24(26)32-4-2)16-22-25(20-11-7-5-8-12-20)29-30(27(22)31)21-13-9-6-10-14-21/h5-14,16-18H,3-4,15H2,1-2H3/b22-16-. The number of halogens is 1. The van der Waals surface area contributed by atoms with Crippen molar-refractivity contribution >= 4 is 39.3 Å². The summed E-state index contributed by atoms with van der Waals surface area (Å²) in [4.78, 5) is 13.5. The van der Waals surface area contributed by atoms with Gasteiger partial charge in [-0.1, -0.05) is 55.5 Å². The fraction of sp³-hybridized carbons (Fsp3) is 0.185. The zero-order valence-corrected chi connectivity index (χ0v) is 20.2. The van der Waals surface area contributed by atoms with Gasteiger partial charge in [-0.25, -0.2) is 0 Å². The third-order valence-corrected chi connectivity index (χ3v) is 5.61. The van der Waals surface area contributed by atoms with Crippen molar-refractivity contribution in [2.45, 2.75) is 20.3 Å². The molecule has 168 valence electrons. The van der Waals surface area contributed by atoms with Gasteiger partial charge in [-0.2, -0.15) is 10.1 Å². The highest BCUT2D eigenvalue weighted by atomic mass is 79.9. The van der Waals surface area contributed by atoms with Crippen molar-refractivity contribution in [1.29, 1.82) is 0 Å². The Morgan fingerprint density at radius 3 is 2.33 bits per heavy atom. The van der Waals surface area contributed by atoms with E-state index in [0.29, 0.717) is 36.0 Å². The molecule has 0 aromatic heterocycles. The molecule has 1 amide bonds. The zero-order valence-electron chi connectivity index (χ0n) is 18.6. The molecule has 0 bridgehead atoms. The lowest BCUT2D eigenvalue weighted by atomic mass is 10.00.